The smallest absolute Gasteiger partial charge is 0.134 e. The second-order valence-corrected chi connectivity index (χ2v) is 6.22. The fourth-order valence-corrected chi connectivity index (χ4v) is 4.08. The molecule has 19 heavy (non-hydrogen) atoms. The van der Waals surface area contributed by atoms with Gasteiger partial charge in [0.2, 0.25) is 0 Å². The predicted octanol–water partition coefficient (Wildman–Crippen LogP) is 3.06. The molecule has 2 aliphatic carbocycles. The lowest BCUT2D eigenvalue weighted by Crippen LogP contribution is -2.30. The van der Waals surface area contributed by atoms with Gasteiger partial charge in [-0.15, -0.1) is 0 Å². The van der Waals surface area contributed by atoms with Crippen LogP contribution in [0.3, 0.4) is 0 Å². The standard InChI is InChI=1S/C15H24N4/c1-9-14(16-3)17-8-18-15(9)19-10(2)13-7-11-4-5-12(13)6-11/h8,10-13H,4-7H2,1-3H3,(H2,16,17,18,19). The molecular weight excluding hydrogens is 236 g/mol. The van der Waals surface area contributed by atoms with Crippen LogP contribution in [0.25, 0.3) is 0 Å². The van der Waals surface area contributed by atoms with E-state index >= 15 is 0 Å². The number of hydrogen-bond donors (Lipinski definition) is 2. The fraction of sp³-hybridized carbons (Fsp3) is 0.733. The minimum atomic E-state index is 0.508. The summed E-state index contributed by atoms with van der Waals surface area (Å²) in [5, 5.41) is 6.73. The molecule has 1 aromatic rings. The number of anilines is 2. The molecule has 2 saturated carbocycles. The highest BCUT2D eigenvalue weighted by Crippen LogP contribution is 2.49. The van der Waals surface area contributed by atoms with Crippen LogP contribution < -0.4 is 10.6 Å². The van der Waals surface area contributed by atoms with Crippen molar-refractivity contribution in [2.45, 2.75) is 45.6 Å². The molecule has 0 radical (unpaired) electrons. The Morgan fingerprint density at radius 2 is 2.00 bits per heavy atom. The van der Waals surface area contributed by atoms with Gasteiger partial charge in [0, 0.05) is 18.7 Å². The number of aromatic nitrogens is 2. The number of hydrogen-bond acceptors (Lipinski definition) is 4. The van der Waals surface area contributed by atoms with E-state index in [0.29, 0.717) is 6.04 Å². The highest BCUT2D eigenvalue weighted by Gasteiger charge is 2.41. The van der Waals surface area contributed by atoms with E-state index in [9.17, 15) is 0 Å². The highest BCUT2D eigenvalue weighted by atomic mass is 15.1. The van der Waals surface area contributed by atoms with Crippen LogP contribution in [-0.4, -0.2) is 23.1 Å². The van der Waals surface area contributed by atoms with Gasteiger partial charge in [0.1, 0.15) is 18.0 Å². The van der Waals surface area contributed by atoms with Gasteiger partial charge in [-0.25, -0.2) is 9.97 Å². The molecule has 0 spiro atoms. The average molecular weight is 260 g/mol. The van der Waals surface area contributed by atoms with E-state index < -0.39 is 0 Å². The van der Waals surface area contributed by atoms with Crippen LogP contribution in [0.1, 0.15) is 38.2 Å². The molecule has 0 aliphatic heterocycles. The van der Waals surface area contributed by atoms with E-state index in [1.54, 1.807) is 6.33 Å². The number of fused-ring (bicyclic) bond motifs is 2. The normalized spacial score (nSPS) is 30.4. The molecular formula is C15H24N4. The SMILES string of the molecule is CNc1ncnc(NC(C)C2CC3CCC2C3)c1C. The third-order valence-corrected chi connectivity index (χ3v) is 5.12. The number of rotatable bonds is 4. The molecule has 4 nitrogen and oxygen atoms in total. The quantitative estimate of drug-likeness (QED) is 0.873. The zero-order valence-corrected chi connectivity index (χ0v) is 12.1. The number of nitrogens with zero attached hydrogens (tertiary/aromatic N) is 2. The summed E-state index contributed by atoms with van der Waals surface area (Å²) in [7, 11) is 1.90. The van der Waals surface area contributed by atoms with Crippen molar-refractivity contribution in [2.24, 2.45) is 17.8 Å². The molecule has 104 valence electrons. The van der Waals surface area contributed by atoms with Crippen LogP contribution in [0.4, 0.5) is 11.6 Å². The maximum absolute atomic E-state index is 4.40. The average Bonchev–Trinajstić information content (AvgIpc) is 3.03. The highest BCUT2D eigenvalue weighted by molar-refractivity contribution is 5.56. The van der Waals surface area contributed by atoms with Gasteiger partial charge in [0.15, 0.2) is 0 Å². The monoisotopic (exact) mass is 260 g/mol. The van der Waals surface area contributed by atoms with E-state index in [2.05, 4.69) is 34.4 Å². The summed E-state index contributed by atoms with van der Waals surface area (Å²) in [4.78, 5) is 8.64. The Kier molecular flexibility index (Phi) is 3.33. The van der Waals surface area contributed by atoms with Gasteiger partial charge in [-0.05, 0) is 50.9 Å². The fourth-order valence-electron chi connectivity index (χ4n) is 4.08. The Balaban J connectivity index is 1.71. The number of nitrogens with one attached hydrogen (secondary N) is 2. The van der Waals surface area contributed by atoms with Crippen LogP contribution in [0, 0.1) is 24.7 Å². The molecule has 0 amide bonds. The van der Waals surface area contributed by atoms with E-state index in [1.165, 1.54) is 25.7 Å². The summed E-state index contributed by atoms with van der Waals surface area (Å²) in [6.45, 7) is 4.38. The predicted molar refractivity (Wildman–Crippen MR) is 78.3 cm³/mol. The molecule has 4 atom stereocenters. The van der Waals surface area contributed by atoms with Crippen molar-refractivity contribution < 1.29 is 0 Å². The summed E-state index contributed by atoms with van der Waals surface area (Å²) in [6.07, 6.45) is 7.40. The molecule has 3 rings (SSSR count). The molecule has 1 heterocycles. The first-order valence-electron chi connectivity index (χ1n) is 7.45. The van der Waals surface area contributed by atoms with Gasteiger partial charge < -0.3 is 10.6 Å². The lowest BCUT2D eigenvalue weighted by molar-refractivity contribution is 0.304. The first-order valence-corrected chi connectivity index (χ1v) is 7.45. The van der Waals surface area contributed by atoms with E-state index in [4.69, 9.17) is 0 Å². The van der Waals surface area contributed by atoms with Gasteiger partial charge in [0.05, 0.1) is 0 Å². The summed E-state index contributed by atoms with van der Waals surface area (Å²) in [5.74, 6) is 4.66. The van der Waals surface area contributed by atoms with Gasteiger partial charge in [0.25, 0.3) is 0 Å². The minimum Gasteiger partial charge on any atom is -0.373 e. The van der Waals surface area contributed by atoms with Crippen molar-refractivity contribution >= 4 is 11.6 Å². The molecule has 2 N–H and O–H groups in total. The van der Waals surface area contributed by atoms with Crippen molar-refractivity contribution in [3.63, 3.8) is 0 Å². The molecule has 0 aromatic carbocycles. The van der Waals surface area contributed by atoms with Gasteiger partial charge in [-0.1, -0.05) is 6.42 Å². The zero-order chi connectivity index (χ0) is 13.4. The molecule has 2 fully saturated rings. The summed E-state index contributed by atoms with van der Waals surface area (Å²) < 4.78 is 0. The first kappa shape index (κ1) is 12.7. The minimum absolute atomic E-state index is 0.508. The zero-order valence-electron chi connectivity index (χ0n) is 12.1. The van der Waals surface area contributed by atoms with Crippen LogP contribution in [0.2, 0.25) is 0 Å². The Labute approximate surface area is 115 Å². The maximum Gasteiger partial charge on any atom is 0.134 e. The second kappa shape index (κ2) is 4.99. The molecule has 0 saturated heterocycles. The van der Waals surface area contributed by atoms with Crippen LogP contribution in [-0.2, 0) is 0 Å². The van der Waals surface area contributed by atoms with Crippen molar-refractivity contribution in [2.75, 3.05) is 17.7 Å². The maximum atomic E-state index is 4.40. The lowest BCUT2D eigenvalue weighted by atomic mass is 9.84. The summed E-state index contributed by atoms with van der Waals surface area (Å²) >= 11 is 0. The van der Waals surface area contributed by atoms with Crippen LogP contribution in [0.15, 0.2) is 6.33 Å². The molecule has 1 aromatic heterocycles. The van der Waals surface area contributed by atoms with E-state index in [0.717, 1.165) is 35.0 Å². The lowest BCUT2D eigenvalue weighted by Gasteiger charge is -2.29. The third-order valence-electron chi connectivity index (χ3n) is 5.12. The Morgan fingerprint density at radius 3 is 2.63 bits per heavy atom. The molecule has 4 heteroatoms. The third kappa shape index (κ3) is 2.28. The molecule has 2 aliphatic rings. The van der Waals surface area contributed by atoms with Crippen LogP contribution in [0.5, 0.6) is 0 Å². The Morgan fingerprint density at radius 1 is 1.21 bits per heavy atom. The Bertz CT molecular complexity index is 459. The summed E-state index contributed by atoms with van der Waals surface area (Å²) in [5.41, 5.74) is 1.11. The van der Waals surface area contributed by atoms with Gasteiger partial charge in [-0.2, -0.15) is 0 Å². The Hall–Kier alpha value is -1.32. The van der Waals surface area contributed by atoms with E-state index in [1.807, 2.05) is 7.05 Å². The van der Waals surface area contributed by atoms with Crippen molar-refractivity contribution in [1.82, 2.24) is 9.97 Å². The largest absolute Gasteiger partial charge is 0.373 e. The molecule has 4 unspecified atom stereocenters. The van der Waals surface area contributed by atoms with Crippen molar-refractivity contribution in [3.8, 4) is 0 Å². The van der Waals surface area contributed by atoms with Crippen molar-refractivity contribution in [1.29, 1.82) is 0 Å². The van der Waals surface area contributed by atoms with Gasteiger partial charge >= 0.3 is 0 Å². The second-order valence-electron chi connectivity index (χ2n) is 6.22. The van der Waals surface area contributed by atoms with Crippen molar-refractivity contribution in [3.05, 3.63) is 11.9 Å². The van der Waals surface area contributed by atoms with E-state index in [-0.39, 0.29) is 0 Å². The first-order chi connectivity index (χ1) is 9.19. The summed E-state index contributed by atoms with van der Waals surface area (Å²) in [6, 6.07) is 0.508. The molecule has 2 bridgehead atoms. The van der Waals surface area contributed by atoms with Gasteiger partial charge in [-0.3, -0.25) is 0 Å². The topological polar surface area (TPSA) is 49.8 Å². The van der Waals surface area contributed by atoms with Crippen LogP contribution >= 0.6 is 0 Å².